The normalized spacial score (nSPS) is 19.0. The average Bonchev–Trinajstić information content (AvgIpc) is 1.67. The van der Waals surface area contributed by atoms with Gasteiger partial charge in [0.25, 0.3) is 0 Å². The van der Waals surface area contributed by atoms with Gasteiger partial charge in [0.1, 0.15) is 23.4 Å². The lowest BCUT2D eigenvalue weighted by atomic mass is 10.1. The van der Waals surface area contributed by atoms with Gasteiger partial charge in [-0.05, 0) is 124 Å². The second kappa shape index (κ2) is 31.2. The molecule has 8 amide bonds. The number of halogens is 6. The summed E-state index contributed by atoms with van der Waals surface area (Å²) in [5.74, 6) is 3.03. The van der Waals surface area contributed by atoms with Crippen molar-refractivity contribution in [1.82, 2.24) is 69.6 Å². The summed E-state index contributed by atoms with van der Waals surface area (Å²) in [4.78, 5) is 121. The third-order valence-electron chi connectivity index (χ3n) is 21.4. The summed E-state index contributed by atoms with van der Waals surface area (Å²) in [6.45, 7) is 12.6. The van der Waals surface area contributed by atoms with Gasteiger partial charge in [-0.15, -0.1) is 0 Å². The van der Waals surface area contributed by atoms with Crippen molar-refractivity contribution in [2.75, 3.05) is 131 Å². The highest BCUT2D eigenvalue weighted by atomic mass is 19.4. The van der Waals surface area contributed by atoms with Gasteiger partial charge < -0.3 is 24.5 Å². The van der Waals surface area contributed by atoms with Gasteiger partial charge in [-0.3, -0.25) is 65.5 Å². The summed E-state index contributed by atoms with van der Waals surface area (Å²) < 4.78 is 79.6. The summed E-state index contributed by atoms with van der Waals surface area (Å²) in [5, 5.41) is 23.9. The molecule has 10 aromatic heterocycles. The van der Waals surface area contributed by atoms with Crippen LogP contribution in [0.1, 0.15) is 74.6 Å². The predicted molar refractivity (Wildman–Crippen MR) is 416 cm³/mol. The number of nitrogens with zero attached hydrogens (tertiary/aromatic N) is 24. The van der Waals surface area contributed by atoms with E-state index < -0.39 is 30.0 Å². The molecule has 38 heteroatoms. The van der Waals surface area contributed by atoms with Crippen molar-refractivity contribution < 1.29 is 45.5 Å². The van der Waals surface area contributed by atoms with Crippen molar-refractivity contribution in [2.45, 2.75) is 95.3 Å². The summed E-state index contributed by atoms with van der Waals surface area (Å²) in [6.07, 6.45) is 10.3. The highest BCUT2D eigenvalue weighted by molar-refractivity contribution is 6.07. The number of fused-ring (bicyclic) bond motifs is 16. The van der Waals surface area contributed by atoms with Crippen molar-refractivity contribution in [2.24, 2.45) is 13.0 Å². The van der Waals surface area contributed by atoms with Crippen molar-refractivity contribution in [3.8, 4) is 28.7 Å². The van der Waals surface area contributed by atoms with E-state index in [1.54, 1.807) is 97.9 Å². The maximum absolute atomic E-state index is 13.4. The Morgan fingerprint density at radius 2 is 0.965 bits per heavy atom. The number of carbonyl (C=O) groups is 4. The monoisotopic (exact) mass is 1570 g/mol. The van der Waals surface area contributed by atoms with E-state index in [9.17, 15) is 45.5 Å². The molecule has 19 heterocycles. The van der Waals surface area contributed by atoms with E-state index in [0.717, 1.165) is 121 Å². The molecular formula is C77H76F6N28O4. The molecule has 9 aliphatic heterocycles. The lowest BCUT2D eigenvalue weighted by Gasteiger charge is -2.36. The van der Waals surface area contributed by atoms with E-state index in [1.807, 2.05) is 43.3 Å². The minimum Gasteiger partial charge on any atom is -0.366 e. The summed E-state index contributed by atoms with van der Waals surface area (Å²) >= 11 is 0. The predicted octanol–water partition coefficient (Wildman–Crippen LogP) is 11.8. The fourth-order valence-electron chi connectivity index (χ4n) is 15.8. The van der Waals surface area contributed by atoms with Crippen LogP contribution in [-0.4, -0.2) is 190 Å². The molecule has 590 valence electrons. The molecule has 0 spiro atoms. The molecule has 10 aromatic rings. The molecule has 115 heavy (non-hydrogen) atoms. The van der Waals surface area contributed by atoms with Crippen LogP contribution in [0.4, 0.5) is 121 Å². The molecule has 0 saturated carbocycles. The molecule has 32 nitrogen and oxygen atoms in total. The van der Waals surface area contributed by atoms with Gasteiger partial charge in [0.2, 0.25) is 0 Å². The number of aryl methyl sites for hydroxylation is 2. The number of nitrogens with one attached hydrogen (secondary N) is 4. The van der Waals surface area contributed by atoms with Gasteiger partial charge in [0.15, 0.2) is 46.4 Å². The first-order chi connectivity index (χ1) is 55.5. The topological polar surface area (TPSA) is 342 Å². The molecule has 19 rings (SSSR count). The maximum atomic E-state index is 13.4. The standard InChI is InChI=1S/C23H25N7O.C20H21F3N6O.C19H17F3N8O.C15H13N7O/c1-14(2)19-11-24-12-21(26-19)28-23(31)30-17-7-9-29(13-17)20-5-4-18(27-22(20)30)16-6-8-25-15(3)10-16;21-20(22,23)13-6-9-28(11-13)17-5-4-15-18(26-17)29(14-7-10-27(15)12-14)19(30)25-16-3-1-2-8-24-16;1-28-14(8-15(27-28)19(20,21)22)12-2-3-13-17(25-12)30(11-4-7-29(13)10-11)18(31)26-16-9-23-5-6-24-16;16-7-10-1-2-12-14(19-10)22(11-3-6-21(12)9-11)15(23)20-13-8-17-4-5-18-13/h4-6,8,10-12,14,17H,7,9,13H2,1-3H3,(H,26,28,31);1-5,8,13-14H,6-7,9-12H2,(H,24,25,30);2-3,5-6,8-9,11H,4,7,10H2,1H3,(H,24,26,31);1-2,4-5,8,11H,3,6,9H2,(H,18,20,23)/t17-;13-,14+;2*11-/m0100/s1. The zero-order valence-corrected chi connectivity index (χ0v) is 62.6. The Hall–Kier alpha value is -13.5. The number of carbonyl (C=O) groups excluding carboxylic acids is 4. The number of aromatic nitrogens is 14. The van der Waals surface area contributed by atoms with Crippen molar-refractivity contribution in [3.05, 3.63) is 170 Å². The van der Waals surface area contributed by atoms with Gasteiger partial charge in [0, 0.05) is 127 Å². The maximum Gasteiger partial charge on any atom is 0.435 e. The number of rotatable bonds is 8. The van der Waals surface area contributed by atoms with Crippen molar-refractivity contribution in [3.63, 3.8) is 0 Å². The molecule has 9 aliphatic rings. The van der Waals surface area contributed by atoms with Crippen molar-refractivity contribution in [1.29, 1.82) is 5.26 Å². The quantitative estimate of drug-likeness (QED) is 0.103. The van der Waals surface area contributed by atoms with Crippen LogP contribution < -0.4 is 65.4 Å². The van der Waals surface area contributed by atoms with Crippen LogP contribution in [-0.2, 0) is 13.2 Å². The van der Waals surface area contributed by atoms with E-state index in [4.69, 9.17) is 10.2 Å². The van der Waals surface area contributed by atoms with Gasteiger partial charge in [0.05, 0.1) is 94.2 Å². The smallest absolute Gasteiger partial charge is 0.366 e. The fraction of sp³-hybridized carbons (Fsp3) is 0.351. The van der Waals surface area contributed by atoms with Crippen molar-refractivity contribution >= 4 is 99.2 Å². The zero-order chi connectivity index (χ0) is 80.0. The highest BCUT2D eigenvalue weighted by Crippen LogP contribution is 2.46. The molecular weight excluding hydrogens is 1500 g/mol. The summed E-state index contributed by atoms with van der Waals surface area (Å²) in [5.41, 5.74) is 6.84. The Labute approximate surface area is 654 Å². The second-order valence-electron chi connectivity index (χ2n) is 29.1. The number of hydrogen-bond donors (Lipinski definition) is 4. The first-order valence-electron chi connectivity index (χ1n) is 37.4. The van der Waals surface area contributed by atoms with E-state index in [-0.39, 0.29) is 66.8 Å². The van der Waals surface area contributed by atoms with Crippen LogP contribution >= 0.6 is 0 Å². The van der Waals surface area contributed by atoms with Crippen LogP contribution in [0.3, 0.4) is 0 Å². The zero-order valence-electron chi connectivity index (χ0n) is 62.6. The number of anilines is 13. The molecule has 4 N–H and O–H groups in total. The summed E-state index contributed by atoms with van der Waals surface area (Å²) in [7, 11) is 1.43. The van der Waals surface area contributed by atoms with Gasteiger partial charge in [-0.1, -0.05) is 19.9 Å². The SMILES string of the molecule is Cc1cc(-c2ccc3c(n2)N(C(=O)Nc2cncc(C(C)C)n2)[C@H]2CCN3C2)ccn1.Cn1nc(C(F)(F)F)cc1-c1ccc2c(n1)N(C(=O)Nc1cnccn1)[C@H]1CCN2C1.N#Cc1ccc2c(n1)N(C(=O)Nc1cnccn1)[C@H]1CCN2C1.O=C(Nc1ccccn1)N1c2nc(N3CC[C@@H](C(F)(F)F)C3)ccc2N2CC[C@H]1C2. The van der Waals surface area contributed by atoms with E-state index in [2.05, 4.69) is 121 Å². The first kappa shape index (κ1) is 75.5. The molecule has 0 unspecified atom stereocenters. The van der Waals surface area contributed by atoms with Crippen LogP contribution in [0, 0.1) is 24.2 Å². The van der Waals surface area contributed by atoms with Crippen LogP contribution in [0.25, 0.3) is 22.6 Å². The number of urea groups is 4. The number of hydrogen-bond acceptors (Lipinski definition) is 23. The fourth-order valence-corrected chi connectivity index (χ4v) is 15.8. The Balaban J connectivity index is 0.000000116. The minimum absolute atomic E-state index is 0.0366. The Morgan fingerprint density at radius 3 is 1.45 bits per heavy atom. The van der Waals surface area contributed by atoms with Gasteiger partial charge in [-0.25, -0.2) is 59.0 Å². The van der Waals surface area contributed by atoms with E-state index in [0.29, 0.717) is 83.4 Å². The summed E-state index contributed by atoms with van der Waals surface area (Å²) in [6, 6.07) is 25.5. The molecule has 5 atom stereocenters. The number of pyridine rings is 6. The number of amides is 8. The molecule has 0 aliphatic carbocycles. The van der Waals surface area contributed by atoms with Crippen LogP contribution in [0.2, 0.25) is 0 Å². The van der Waals surface area contributed by atoms with Gasteiger partial charge >= 0.3 is 36.5 Å². The highest BCUT2D eigenvalue weighted by Gasteiger charge is 2.48. The van der Waals surface area contributed by atoms with Gasteiger partial charge in [-0.2, -0.15) is 36.7 Å². The van der Waals surface area contributed by atoms with E-state index >= 15 is 0 Å². The molecule has 0 aromatic carbocycles. The van der Waals surface area contributed by atoms with Crippen LogP contribution in [0.5, 0.6) is 0 Å². The second-order valence-corrected chi connectivity index (χ2v) is 29.1. The Bertz CT molecular complexity index is 5360. The lowest BCUT2D eigenvalue weighted by molar-refractivity contribution is -0.168. The third kappa shape index (κ3) is 15.7. The first-order valence-corrected chi connectivity index (χ1v) is 37.4. The lowest BCUT2D eigenvalue weighted by Crippen LogP contribution is -2.48. The molecule has 5 saturated heterocycles. The average molecular weight is 1570 g/mol. The Morgan fingerprint density at radius 1 is 0.478 bits per heavy atom. The van der Waals surface area contributed by atoms with Crippen LogP contribution in [0.15, 0.2) is 147 Å². The van der Waals surface area contributed by atoms with E-state index in [1.165, 1.54) is 38.0 Å². The number of alkyl halides is 6. The third-order valence-corrected chi connectivity index (χ3v) is 21.4. The molecule has 8 bridgehead atoms. The Kier molecular flexibility index (Phi) is 20.5. The number of nitriles is 1. The minimum atomic E-state index is -4.56. The molecule has 0 radical (unpaired) electrons. The molecule has 5 fully saturated rings. The largest absolute Gasteiger partial charge is 0.435 e.